The van der Waals surface area contributed by atoms with Crippen molar-refractivity contribution < 1.29 is 4.57 Å². The summed E-state index contributed by atoms with van der Waals surface area (Å²) in [7, 11) is 2.11. The lowest BCUT2D eigenvalue weighted by Crippen LogP contribution is -2.33. The Morgan fingerprint density at radius 3 is 2.59 bits per heavy atom. The molecule has 0 bridgehead atoms. The molecular formula is C15H15N2+. The van der Waals surface area contributed by atoms with E-state index in [0.717, 1.165) is 0 Å². The first kappa shape index (κ1) is 10.1. The van der Waals surface area contributed by atoms with Gasteiger partial charge in [0.15, 0.2) is 0 Å². The summed E-state index contributed by atoms with van der Waals surface area (Å²) in [5.41, 5.74) is 5.04. The van der Waals surface area contributed by atoms with Crippen LogP contribution < -0.4 is 4.57 Å². The van der Waals surface area contributed by atoms with Crippen molar-refractivity contribution in [2.45, 2.75) is 6.92 Å². The molecule has 0 spiro atoms. The molecular weight excluding hydrogens is 208 g/mol. The van der Waals surface area contributed by atoms with Gasteiger partial charge in [-0.3, -0.25) is 0 Å². The predicted molar refractivity (Wildman–Crippen MR) is 68.7 cm³/mol. The van der Waals surface area contributed by atoms with Gasteiger partial charge >= 0.3 is 0 Å². The molecule has 0 aliphatic heterocycles. The second kappa shape index (κ2) is 3.74. The lowest BCUT2D eigenvalue weighted by molar-refractivity contribution is -0.637. The summed E-state index contributed by atoms with van der Waals surface area (Å²) >= 11 is 0. The van der Waals surface area contributed by atoms with E-state index in [1.165, 1.54) is 22.5 Å². The Labute approximate surface area is 101 Å². The maximum Gasteiger partial charge on any atom is 0.286 e. The summed E-state index contributed by atoms with van der Waals surface area (Å²) in [5.74, 6) is 0. The molecule has 84 valence electrons. The molecule has 3 aromatic rings. The molecule has 2 aromatic heterocycles. The molecule has 1 aromatic carbocycles. The van der Waals surface area contributed by atoms with Gasteiger partial charge in [-0.05, 0) is 18.6 Å². The average Bonchev–Trinajstić information content (AvgIpc) is 2.80. The van der Waals surface area contributed by atoms with Crippen molar-refractivity contribution in [3.8, 4) is 11.3 Å². The maximum absolute atomic E-state index is 2.22. The Hall–Kier alpha value is -2.09. The molecule has 17 heavy (non-hydrogen) atoms. The smallest absolute Gasteiger partial charge is 0.229 e. The topological polar surface area (TPSA) is 8.29 Å². The monoisotopic (exact) mass is 223 g/mol. The van der Waals surface area contributed by atoms with Gasteiger partial charge in [-0.2, -0.15) is 0 Å². The Bertz CT molecular complexity index is 680. The number of nitrogens with zero attached hydrogens (tertiary/aromatic N) is 2. The van der Waals surface area contributed by atoms with Crippen molar-refractivity contribution in [2.75, 3.05) is 0 Å². The summed E-state index contributed by atoms with van der Waals surface area (Å²) in [4.78, 5) is 0. The van der Waals surface area contributed by atoms with Crippen LogP contribution in [0.15, 0.2) is 54.9 Å². The molecule has 0 unspecified atom stereocenters. The number of benzene rings is 1. The Balaban J connectivity index is 2.31. The first-order valence-electron chi connectivity index (χ1n) is 5.79. The highest BCUT2D eigenvalue weighted by atomic mass is 15.1. The molecule has 0 radical (unpaired) electrons. The van der Waals surface area contributed by atoms with Gasteiger partial charge in [-0.1, -0.05) is 24.3 Å². The van der Waals surface area contributed by atoms with E-state index < -0.39 is 0 Å². The third-order valence-corrected chi connectivity index (χ3v) is 3.28. The number of fused-ring (bicyclic) bond motifs is 1. The second-order valence-corrected chi connectivity index (χ2v) is 4.35. The van der Waals surface area contributed by atoms with Gasteiger partial charge in [0.1, 0.15) is 11.9 Å². The molecule has 0 amide bonds. The lowest BCUT2D eigenvalue weighted by Gasteiger charge is -2.07. The van der Waals surface area contributed by atoms with E-state index >= 15 is 0 Å². The highest BCUT2D eigenvalue weighted by Crippen LogP contribution is 2.19. The summed E-state index contributed by atoms with van der Waals surface area (Å²) < 4.78 is 4.35. The third kappa shape index (κ3) is 1.53. The molecule has 3 rings (SSSR count). The van der Waals surface area contributed by atoms with Crippen LogP contribution in [0, 0.1) is 6.92 Å². The normalized spacial score (nSPS) is 10.9. The van der Waals surface area contributed by atoms with Crippen LogP contribution in [-0.4, -0.2) is 4.40 Å². The van der Waals surface area contributed by atoms with Crippen LogP contribution in [0.4, 0.5) is 0 Å². The molecule has 0 aliphatic carbocycles. The van der Waals surface area contributed by atoms with E-state index in [1.807, 2.05) is 0 Å². The molecule has 2 heterocycles. The zero-order chi connectivity index (χ0) is 11.8. The highest BCUT2D eigenvalue weighted by molar-refractivity contribution is 5.61. The van der Waals surface area contributed by atoms with Crippen LogP contribution in [0.1, 0.15) is 5.56 Å². The summed E-state index contributed by atoms with van der Waals surface area (Å²) in [6.07, 6.45) is 4.17. The van der Waals surface area contributed by atoms with Gasteiger partial charge in [0.2, 0.25) is 0 Å². The van der Waals surface area contributed by atoms with Crippen LogP contribution in [-0.2, 0) is 7.05 Å². The average molecular weight is 223 g/mol. The van der Waals surface area contributed by atoms with Crippen LogP contribution in [0.25, 0.3) is 16.9 Å². The summed E-state index contributed by atoms with van der Waals surface area (Å²) in [5, 5.41) is 0. The highest BCUT2D eigenvalue weighted by Gasteiger charge is 2.12. The standard InChI is InChI=1S/C15H15N2/c1-12-6-3-4-7-13(12)14-9-11-17-10-5-8-15(17)16(14)2/h3-11H,1-2H3/q+1. The Morgan fingerprint density at radius 1 is 0.941 bits per heavy atom. The fourth-order valence-electron chi connectivity index (χ4n) is 2.31. The number of hydrogen-bond acceptors (Lipinski definition) is 0. The minimum absolute atomic E-state index is 1.20. The summed E-state index contributed by atoms with van der Waals surface area (Å²) in [6, 6.07) is 14.8. The summed E-state index contributed by atoms with van der Waals surface area (Å²) in [6.45, 7) is 2.15. The molecule has 2 nitrogen and oxygen atoms in total. The largest absolute Gasteiger partial charge is 0.286 e. The fourth-order valence-corrected chi connectivity index (χ4v) is 2.31. The van der Waals surface area contributed by atoms with Crippen molar-refractivity contribution in [3.05, 3.63) is 60.4 Å². The quantitative estimate of drug-likeness (QED) is 0.561. The molecule has 0 fully saturated rings. The molecule has 0 aliphatic rings. The first-order chi connectivity index (χ1) is 8.27. The van der Waals surface area contributed by atoms with E-state index in [1.54, 1.807) is 0 Å². The third-order valence-electron chi connectivity index (χ3n) is 3.28. The Kier molecular flexibility index (Phi) is 2.22. The van der Waals surface area contributed by atoms with Gasteiger partial charge in [0.05, 0.1) is 13.2 Å². The van der Waals surface area contributed by atoms with Crippen LogP contribution in [0.2, 0.25) is 0 Å². The lowest BCUT2D eigenvalue weighted by atomic mass is 10.1. The fraction of sp³-hybridized carbons (Fsp3) is 0.133. The van der Waals surface area contributed by atoms with Crippen LogP contribution in [0.3, 0.4) is 0 Å². The van der Waals surface area contributed by atoms with Crippen molar-refractivity contribution in [3.63, 3.8) is 0 Å². The second-order valence-electron chi connectivity index (χ2n) is 4.35. The minimum atomic E-state index is 1.20. The van der Waals surface area contributed by atoms with E-state index in [4.69, 9.17) is 0 Å². The van der Waals surface area contributed by atoms with Gasteiger partial charge in [-0.15, -0.1) is 0 Å². The molecule has 0 saturated heterocycles. The number of hydrogen-bond donors (Lipinski definition) is 0. The van der Waals surface area contributed by atoms with E-state index in [0.29, 0.717) is 0 Å². The molecule has 2 heteroatoms. The van der Waals surface area contributed by atoms with Crippen molar-refractivity contribution in [2.24, 2.45) is 7.05 Å². The molecule has 0 saturated carbocycles. The zero-order valence-corrected chi connectivity index (χ0v) is 10.1. The van der Waals surface area contributed by atoms with Crippen molar-refractivity contribution >= 4 is 5.65 Å². The van der Waals surface area contributed by atoms with E-state index in [9.17, 15) is 0 Å². The van der Waals surface area contributed by atoms with E-state index in [-0.39, 0.29) is 0 Å². The van der Waals surface area contributed by atoms with Crippen molar-refractivity contribution in [1.82, 2.24) is 4.40 Å². The predicted octanol–water partition coefficient (Wildman–Crippen LogP) is 2.74. The SMILES string of the molecule is Cc1ccccc1-c1ccn2cccc2[n+]1C. The maximum atomic E-state index is 2.22. The molecule has 0 N–H and O–H groups in total. The van der Waals surface area contributed by atoms with Crippen LogP contribution >= 0.6 is 0 Å². The van der Waals surface area contributed by atoms with Gasteiger partial charge < -0.3 is 0 Å². The number of aromatic nitrogens is 2. The molecule has 0 atom stereocenters. The zero-order valence-electron chi connectivity index (χ0n) is 10.1. The minimum Gasteiger partial charge on any atom is -0.229 e. The van der Waals surface area contributed by atoms with Gasteiger partial charge in [0, 0.05) is 17.7 Å². The first-order valence-corrected chi connectivity index (χ1v) is 5.79. The van der Waals surface area contributed by atoms with Gasteiger partial charge in [-0.25, -0.2) is 8.97 Å². The Morgan fingerprint density at radius 2 is 1.76 bits per heavy atom. The number of aryl methyl sites for hydroxylation is 2. The van der Waals surface area contributed by atoms with Crippen LogP contribution in [0.5, 0.6) is 0 Å². The van der Waals surface area contributed by atoms with Crippen molar-refractivity contribution in [1.29, 1.82) is 0 Å². The number of rotatable bonds is 1. The van der Waals surface area contributed by atoms with Gasteiger partial charge in [0.25, 0.3) is 5.65 Å². The van der Waals surface area contributed by atoms with E-state index in [2.05, 4.69) is 77.8 Å².